The molecule has 94 valence electrons. The van der Waals surface area contributed by atoms with E-state index in [-0.39, 0.29) is 6.10 Å². The lowest BCUT2D eigenvalue weighted by molar-refractivity contribution is 0.0551. The molecule has 0 N–H and O–H groups in total. The van der Waals surface area contributed by atoms with Gasteiger partial charge in [0.05, 0.1) is 18.6 Å². The molecule has 5 heteroatoms. The van der Waals surface area contributed by atoms with Gasteiger partial charge in [-0.25, -0.2) is 9.97 Å². The minimum absolute atomic E-state index is 0.103. The van der Waals surface area contributed by atoms with E-state index < -0.39 is 0 Å². The van der Waals surface area contributed by atoms with Gasteiger partial charge in [-0.2, -0.15) is 0 Å². The Balaban J connectivity index is 2.18. The highest BCUT2D eigenvalue weighted by molar-refractivity contribution is 6.18. The number of hydrogen-bond donors (Lipinski definition) is 0. The van der Waals surface area contributed by atoms with Gasteiger partial charge in [0.1, 0.15) is 11.6 Å². The summed E-state index contributed by atoms with van der Waals surface area (Å²) in [4.78, 5) is 11.1. The summed E-state index contributed by atoms with van der Waals surface area (Å²) < 4.78 is 5.55. The molecule has 1 aromatic heterocycles. The fourth-order valence-corrected chi connectivity index (χ4v) is 2.16. The predicted molar refractivity (Wildman–Crippen MR) is 68.8 cm³/mol. The number of rotatable bonds is 3. The average molecular weight is 256 g/mol. The largest absolute Gasteiger partial charge is 0.373 e. The topological polar surface area (TPSA) is 38.2 Å². The number of aromatic nitrogens is 2. The maximum absolute atomic E-state index is 5.84. The van der Waals surface area contributed by atoms with E-state index in [2.05, 4.69) is 27.9 Å². The molecule has 0 aliphatic carbocycles. The molecule has 0 amide bonds. The first kappa shape index (κ1) is 12.6. The second-order valence-electron chi connectivity index (χ2n) is 4.21. The first-order valence-corrected chi connectivity index (χ1v) is 6.53. The van der Waals surface area contributed by atoms with E-state index in [1.54, 1.807) is 0 Å². The molecular weight excluding hydrogens is 238 g/mol. The number of halogens is 1. The van der Waals surface area contributed by atoms with Crippen molar-refractivity contribution in [2.45, 2.75) is 26.4 Å². The number of morpholine rings is 1. The van der Waals surface area contributed by atoms with Gasteiger partial charge in [-0.3, -0.25) is 0 Å². The molecule has 1 aliphatic heterocycles. The van der Waals surface area contributed by atoms with Crippen LogP contribution in [0.3, 0.4) is 0 Å². The Morgan fingerprint density at radius 2 is 2.35 bits per heavy atom. The number of hydrogen-bond acceptors (Lipinski definition) is 4. The van der Waals surface area contributed by atoms with Crippen molar-refractivity contribution in [3.63, 3.8) is 0 Å². The van der Waals surface area contributed by atoms with Crippen LogP contribution in [0.4, 0.5) is 5.82 Å². The van der Waals surface area contributed by atoms with Gasteiger partial charge in [0.25, 0.3) is 0 Å². The zero-order chi connectivity index (χ0) is 12.3. The van der Waals surface area contributed by atoms with Crippen LogP contribution in [-0.4, -0.2) is 41.6 Å². The van der Waals surface area contributed by atoms with Gasteiger partial charge in [0, 0.05) is 24.8 Å². The van der Waals surface area contributed by atoms with E-state index in [1.807, 2.05) is 6.92 Å². The Morgan fingerprint density at radius 1 is 1.53 bits per heavy atom. The second kappa shape index (κ2) is 5.65. The third kappa shape index (κ3) is 3.07. The Kier molecular flexibility index (Phi) is 4.18. The van der Waals surface area contributed by atoms with Gasteiger partial charge in [0.15, 0.2) is 0 Å². The van der Waals surface area contributed by atoms with Crippen molar-refractivity contribution in [2.24, 2.45) is 0 Å². The molecular formula is C12H18ClN3O. The van der Waals surface area contributed by atoms with Crippen LogP contribution in [-0.2, 0) is 11.2 Å². The van der Waals surface area contributed by atoms with Crippen molar-refractivity contribution >= 4 is 17.4 Å². The van der Waals surface area contributed by atoms with Crippen LogP contribution in [0, 0.1) is 6.92 Å². The summed E-state index contributed by atoms with van der Waals surface area (Å²) in [5, 5.41) is 0. The highest BCUT2D eigenvalue weighted by atomic mass is 35.5. The van der Waals surface area contributed by atoms with Crippen LogP contribution in [0.2, 0.25) is 0 Å². The maximum Gasteiger partial charge on any atom is 0.132 e. The van der Waals surface area contributed by atoms with E-state index in [1.165, 1.54) is 0 Å². The molecule has 1 fully saturated rings. The number of ether oxygens (including phenoxy) is 1. The zero-order valence-electron chi connectivity index (χ0n) is 10.3. The fourth-order valence-electron chi connectivity index (χ4n) is 1.98. The van der Waals surface area contributed by atoms with Gasteiger partial charge in [0.2, 0.25) is 0 Å². The monoisotopic (exact) mass is 255 g/mol. The van der Waals surface area contributed by atoms with Crippen LogP contribution in [0.5, 0.6) is 0 Å². The van der Waals surface area contributed by atoms with E-state index in [9.17, 15) is 0 Å². The van der Waals surface area contributed by atoms with Crippen LogP contribution in [0.1, 0.15) is 18.4 Å². The van der Waals surface area contributed by atoms with Gasteiger partial charge in [-0.1, -0.05) is 6.92 Å². The van der Waals surface area contributed by atoms with Crippen LogP contribution < -0.4 is 4.90 Å². The molecule has 1 aromatic rings. The average Bonchev–Trinajstić information content (AvgIpc) is 2.38. The van der Waals surface area contributed by atoms with Crippen molar-refractivity contribution in [1.29, 1.82) is 0 Å². The summed E-state index contributed by atoms with van der Waals surface area (Å²) in [6.45, 7) is 6.42. The summed E-state index contributed by atoms with van der Waals surface area (Å²) in [7, 11) is 0. The SMILES string of the molecule is CCc1cc(N2CCOC(CCl)C2)nc(C)n1. The molecule has 4 nitrogen and oxygen atoms in total. The lowest BCUT2D eigenvalue weighted by Crippen LogP contribution is -2.43. The maximum atomic E-state index is 5.84. The first-order chi connectivity index (χ1) is 8.22. The van der Waals surface area contributed by atoms with Gasteiger partial charge in [-0.05, 0) is 13.3 Å². The Bertz CT molecular complexity index is 386. The molecule has 0 spiro atoms. The van der Waals surface area contributed by atoms with E-state index in [4.69, 9.17) is 16.3 Å². The summed E-state index contributed by atoms with van der Waals surface area (Å²) in [6, 6.07) is 2.06. The van der Waals surface area contributed by atoms with Gasteiger partial charge >= 0.3 is 0 Å². The standard InChI is InChI=1S/C12H18ClN3O/c1-3-10-6-12(15-9(2)14-10)16-4-5-17-11(7-13)8-16/h6,11H,3-5,7-8H2,1-2H3. The van der Waals surface area contributed by atoms with Gasteiger partial charge < -0.3 is 9.64 Å². The minimum atomic E-state index is 0.103. The highest BCUT2D eigenvalue weighted by Gasteiger charge is 2.21. The molecule has 0 saturated carbocycles. The molecule has 2 heterocycles. The number of nitrogens with zero attached hydrogens (tertiary/aromatic N) is 3. The molecule has 0 bridgehead atoms. The molecule has 0 aromatic carbocycles. The normalized spacial score (nSPS) is 20.6. The highest BCUT2D eigenvalue weighted by Crippen LogP contribution is 2.17. The molecule has 2 rings (SSSR count). The quantitative estimate of drug-likeness (QED) is 0.772. The smallest absolute Gasteiger partial charge is 0.132 e. The molecule has 1 atom stereocenters. The van der Waals surface area contributed by atoms with Crippen molar-refractivity contribution in [3.8, 4) is 0 Å². The van der Waals surface area contributed by atoms with Crippen LogP contribution in [0.25, 0.3) is 0 Å². The number of aryl methyl sites for hydroxylation is 2. The van der Waals surface area contributed by atoms with Crippen molar-refractivity contribution in [2.75, 3.05) is 30.5 Å². The zero-order valence-corrected chi connectivity index (χ0v) is 11.1. The van der Waals surface area contributed by atoms with Crippen molar-refractivity contribution < 1.29 is 4.74 Å². The van der Waals surface area contributed by atoms with Crippen LogP contribution in [0.15, 0.2) is 6.07 Å². The lowest BCUT2D eigenvalue weighted by Gasteiger charge is -2.33. The number of alkyl halides is 1. The third-order valence-electron chi connectivity index (χ3n) is 2.87. The van der Waals surface area contributed by atoms with E-state index >= 15 is 0 Å². The summed E-state index contributed by atoms with van der Waals surface area (Å²) in [6.07, 6.45) is 1.03. The predicted octanol–water partition coefficient (Wildman–Crippen LogP) is 1.79. The Labute approximate surface area is 107 Å². The van der Waals surface area contributed by atoms with Crippen molar-refractivity contribution in [1.82, 2.24) is 9.97 Å². The summed E-state index contributed by atoms with van der Waals surface area (Å²) in [5.74, 6) is 2.35. The Morgan fingerprint density at radius 3 is 3.06 bits per heavy atom. The minimum Gasteiger partial charge on any atom is -0.373 e. The first-order valence-electron chi connectivity index (χ1n) is 6.00. The second-order valence-corrected chi connectivity index (χ2v) is 4.52. The van der Waals surface area contributed by atoms with Crippen molar-refractivity contribution in [3.05, 3.63) is 17.6 Å². The summed E-state index contributed by atoms with van der Waals surface area (Å²) in [5.41, 5.74) is 1.08. The van der Waals surface area contributed by atoms with E-state index in [0.29, 0.717) is 12.5 Å². The summed E-state index contributed by atoms with van der Waals surface area (Å²) >= 11 is 5.84. The molecule has 0 radical (unpaired) electrons. The van der Waals surface area contributed by atoms with E-state index in [0.717, 1.165) is 36.8 Å². The molecule has 17 heavy (non-hydrogen) atoms. The van der Waals surface area contributed by atoms with Crippen LogP contribution >= 0.6 is 11.6 Å². The molecule has 1 unspecified atom stereocenters. The number of anilines is 1. The Hall–Kier alpha value is -0.870. The third-order valence-corrected chi connectivity index (χ3v) is 3.22. The fraction of sp³-hybridized carbons (Fsp3) is 0.667. The molecule has 1 saturated heterocycles. The van der Waals surface area contributed by atoms with Gasteiger partial charge in [-0.15, -0.1) is 11.6 Å². The lowest BCUT2D eigenvalue weighted by atomic mass is 10.2. The molecule has 1 aliphatic rings.